The molecule has 12 heteroatoms. The molecule has 2 aliphatic heterocycles. The highest BCUT2D eigenvalue weighted by molar-refractivity contribution is 6.08. The van der Waals surface area contributed by atoms with Crippen LogP contribution in [-0.4, -0.2) is 71.7 Å². The number of halogens is 1. The van der Waals surface area contributed by atoms with Gasteiger partial charge in [-0.25, -0.2) is 9.37 Å². The van der Waals surface area contributed by atoms with Crippen LogP contribution in [0.5, 0.6) is 5.88 Å². The highest BCUT2D eigenvalue weighted by Crippen LogP contribution is 2.34. The summed E-state index contributed by atoms with van der Waals surface area (Å²) >= 11 is 0. The van der Waals surface area contributed by atoms with E-state index in [1.54, 1.807) is 29.3 Å². The normalized spacial score (nSPS) is 15.0. The van der Waals surface area contributed by atoms with Crippen molar-refractivity contribution in [1.29, 1.82) is 0 Å². The first-order valence-corrected chi connectivity index (χ1v) is 13.1. The van der Waals surface area contributed by atoms with Crippen LogP contribution in [0.3, 0.4) is 0 Å². The summed E-state index contributed by atoms with van der Waals surface area (Å²) in [5.41, 5.74) is 1.54. The van der Waals surface area contributed by atoms with Crippen LogP contribution in [0.2, 0.25) is 0 Å². The number of alkyl halides is 1. The smallest absolute Gasteiger partial charge is 0.263 e. The van der Waals surface area contributed by atoms with Gasteiger partial charge in [-0.3, -0.25) is 14.4 Å². The van der Waals surface area contributed by atoms with Crippen molar-refractivity contribution in [2.75, 3.05) is 60.2 Å². The van der Waals surface area contributed by atoms with Crippen molar-refractivity contribution in [2.24, 2.45) is 0 Å². The Labute approximate surface area is 230 Å². The van der Waals surface area contributed by atoms with Crippen LogP contribution in [0.4, 0.5) is 32.8 Å². The minimum absolute atomic E-state index is 0.0653. The first-order valence-electron chi connectivity index (χ1n) is 13.1. The molecule has 0 bridgehead atoms. The number of rotatable bonds is 6. The monoisotopic (exact) mass is 549 g/mol. The lowest BCUT2D eigenvalue weighted by Gasteiger charge is -2.37. The predicted octanol–water partition coefficient (Wildman–Crippen LogP) is 3.28. The van der Waals surface area contributed by atoms with E-state index in [9.17, 15) is 18.8 Å². The van der Waals surface area contributed by atoms with E-state index in [4.69, 9.17) is 4.74 Å². The lowest BCUT2D eigenvalue weighted by Crippen LogP contribution is -2.53. The van der Waals surface area contributed by atoms with E-state index in [-0.39, 0.29) is 5.56 Å². The molecule has 0 radical (unpaired) electrons. The van der Waals surface area contributed by atoms with E-state index in [0.29, 0.717) is 62.3 Å². The highest BCUT2D eigenvalue weighted by atomic mass is 19.1. The summed E-state index contributed by atoms with van der Waals surface area (Å²) in [6, 6.07) is 8.85. The van der Waals surface area contributed by atoms with E-state index in [1.807, 2.05) is 19.1 Å². The Balaban J connectivity index is 1.27. The SMILES string of the molecule is Cc1c(Nc2cc[nH]c(=O)c2C(=O)Nc2ccc(N3CCN(C(=O)C(C)(C)F)CC3)cc2)cnc2c1NCCO2. The molecular formula is C28H32FN7O4. The first kappa shape index (κ1) is 27.0. The number of nitrogens with zero attached hydrogens (tertiary/aromatic N) is 3. The number of hydrogen-bond acceptors (Lipinski definition) is 8. The van der Waals surface area contributed by atoms with E-state index >= 15 is 0 Å². The lowest BCUT2D eigenvalue weighted by atomic mass is 10.1. The fourth-order valence-electron chi connectivity index (χ4n) is 4.79. The molecular weight excluding hydrogens is 517 g/mol. The van der Waals surface area contributed by atoms with Crippen molar-refractivity contribution in [2.45, 2.75) is 26.4 Å². The predicted molar refractivity (Wildman–Crippen MR) is 152 cm³/mol. The fourth-order valence-corrected chi connectivity index (χ4v) is 4.79. The standard InChI is InChI=1S/C28H32FN7O4/c1-17-21(16-32-26-23(17)30-10-15-40-26)34-20-8-9-31-24(37)22(20)25(38)33-18-4-6-19(7-5-18)35-11-13-36(14-12-35)27(39)28(2,3)29/h4-9,16,30H,10-15H2,1-3H3,(H,33,38)(H2,31,34,37). The fraction of sp³-hybridized carbons (Fsp3) is 0.357. The number of nitrogens with one attached hydrogen (secondary N) is 4. The van der Waals surface area contributed by atoms with Crippen LogP contribution >= 0.6 is 0 Å². The molecule has 40 heavy (non-hydrogen) atoms. The molecule has 3 aromatic rings. The molecule has 210 valence electrons. The number of fused-ring (bicyclic) bond motifs is 1. The topological polar surface area (TPSA) is 132 Å². The van der Waals surface area contributed by atoms with Gasteiger partial charge in [0.15, 0.2) is 5.67 Å². The third kappa shape index (κ3) is 5.56. The minimum Gasteiger partial charge on any atom is -0.474 e. The molecule has 1 fully saturated rings. The number of hydrogen-bond donors (Lipinski definition) is 4. The zero-order chi connectivity index (χ0) is 28.4. The van der Waals surface area contributed by atoms with Gasteiger partial charge in [0.1, 0.15) is 17.9 Å². The zero-order valence-corrected chi connectivity index (χ0v) is 22.6. The molecule has 1 aromatic carbocycles. The minimum atomic E-state index is -1.89. The number of piperazine rings is 1. The lowest BCUT2D eigenvalue weighted by molar-refractivity contribution is -0.142. The van der Waals surface area contributed by atoms with Gasteiger partial charge < -0.3 is 35.5 Å². The summed E-state index contributed by atoms with van der Waals surface area (Å²) in [5, 5.41) is 9.24. The number of aromatic amines is 1. The Kier molecular flexibility index (Phi) is 7.33. The average Bonchev–Trinajstić information content (AvgIpc) is 2.94. The number of amides is 2. The number of pyridine rings is 2. The van der Waals surface area contributed by atoms with E-state index in [2.05, 4.69) is 30.8 Å². The maximum Gasteiger partial charge on any atom is 0.263 e. The van der Waals surface area contributed by atoms with E-state index < -0.39 is 23.0 Å². The van der Waals surface area contributed by atoms with Crippen molar-refractivity contribution in [1.82, 2.24) is 14.9 Å². The molecule has 1 saturated heterocycles. The van der Waals surface area contributed by atoms with Crippen molar-refractivity contribution in [3.8, 4) is 5.88 Å². The second-order valence-corrected chi connectivity index (χ2v) is 10.2. The molecule has 5 rings (SSSR count). The summed E-state index contributed by atoms with van der Waals surface area (Å²) in [7, 11) is 0. The van der Waals surface area contributed by atoms with Crippen LogP contribution < -0.4 is 31.1 Å². The molecule has 0 spiro atoms. The largest absolute Gasteiger partial charge is 0.474 e. The van der Waals surface area contributed by atoms with Crippen LogP contribution in [0.1, 0.15) is 29.8 Å². The van der Waals surface area contributed by atoms with Gasteiger partial charge in [-0.15, -0.1) is 0 Å². The summed E-state index contributed by atoms with van der Waals surface area (Å²) < 4.78 is 19.6. The highest BCUT2D eigenvalue weighted by Gasteiger charge is 2.33. The van der Waals surface area contributed by atoms with Crippen molar-refractivity contribution in [3.05, 3.63) is 64.2 Å². The van der Waals surface area contributed by atoms with E-state index in [1.165, 1.54) is 20.0 Å². The van der Waals surface area contributed by atoms with Gasteiger partial charge >= 0.3 is 0 Å². The summed E-state index contributed by atoms with van der Waals surface area (Å²) in [4.78, 5) is 48.7. The maximum atomic E-state index is 14.0. The third-order valence-electron chi connectivity index (χ3n) is 6.97. The van der Waals surface area contributed by atoms with Crippen molar-refractivity contribution in [3.63, 3.8) is 0 Å². The summed E-state index contributed by atoms with van der Waals surface area (Å²) in [6.45, 7) is 7.64. The number of benzene rings is 1. The molecule has 4 heterocycles. The molecule has 4 N–H and O–H groups in total. The molecule has 11 nitrogen and oxygen atoms in total. The third-order valence-corrected chi connectivity index (χ3v) is 6.97. The zero-order valence-electron chi connectivity index (χ0n) is 22.6. The van der Waals surface area contributed by atoms with Crippen LogP contribution in [0, 0.1) is 6.92 Å². The van der Waals surface area contributed by atoms with Gasteiger partial charge in [-0.2, -0.15) is 0 Å². The van der Waals surface area contributed by atoms with Gasteiger partial charge in [-0.05, 0) is 51.1 Å². The van der Waals surface area contributed by atoms with Gasteiger partial charge in [0.2, 0.25) is 5.88 Å². The van der Waals surface area contributed by atoms with Crippen LogP contribution in [-0.2, 0) is 4.79 Å². The second kappa shape index (κ2) is 10.9. The molecule has 2 aromatic heterocycles. The Morgan fingerprint density at radius 1 is 1.07 bits per heavy atom. The number of H-pyrrole nitrogens is 1. The average molecular weight is 550 g/mol. The molecule has 0 saturated carbocycles. The Bertz CT molecular complexity index is 1480. The molecule has 0 aliphatic carbocycles. The van der Waals surface area contributed by atoms with Crippen molar-refractivity contribution < 1.29 is 18.7 Å². The van der Waals surface area contributed by atoms with Crippen molar-refractivity contribution >= 4 is 40.3 Å². The van der Waals surface area contributed by atoms with Gasteiger partial charge in [-0.1, -0.05) is 0 Å². The molecule has 0 unspecified atom stereocenters. The Morgan fingerprint density at radius 3 is 2.50 bits per heavy atom. The number of anilines is 5. The Morgan fingerprint density at radius 2 is 1.80 bits per heavy atom. The number of aromatic nitrogens is 2. The van der Waals surface area contributed by atoms with Crippen LogP contribution in [0.25, 0.3) is 0 Å². The molecule has 2 amide bonds. The second-order valence-electron chi connectivity index (χ2n) is 10.2. The Hall–Kier alpha value is -4.61. The number of carbonyl (C=O) groups excluding carboxylic acids is 2. The molecule has 2 aliphatic rings. The van der Waals surface area contributed by atoms with Crippen LogP contribution in [0.15, 0.2) is 47.5 Å². The number of ether oxygens (including phenoxy) is 1. The summed E-state index contributed by atoms with van der Waals surface area (Å²) in [6.07, 6.45) is 3.08. The van der Waals surface area contributed by atoms with E-state index in [0.717, 1.165) is 16.9 Å². The van der Waals surface area contributed by atoms with Gasteiger partial charge in [0.05, 0.1) is 17.6 Å². The van der Waals surface area contributed by atoms with Gasteiger partial charge in [0.25, 0.3) is 17.4 Å². The molecule has 0 atom stereocenters. The number of carbonyl (C=O) groups is 2. The maximum absolute atomic E-state index is 14.0. The summed E-state index contributed by atoms with van der Waals surface area (Å²) in [5.74, 6) is -0.553. The van der Waals surface area contributed by atoms with Gasteiger partial charge in [0, 0.05) is 55.9 Å². The quantitative estimate of drug-likeness (QED) is 0.369. The first-order chi connectivity index (χ1) is 19.1.